The predicted molar refractivity (Wildman–Crippen MR) is 133 cm³/mol. The Bertz CT molecular complexity index is 634. The topological polar surface area (TPSA) is 90.9 Å². The molecule has 0 N–H and O–H groups in total. The molecule has 1 rings (SSSR count). The summed E-state index contributed by atoms with van der Waals surface area (Å²) in [4.78, 5) is 11.8. The zero-order chi connectivity index (χ0) is 25.2. The van der Waals surface area contributed by atoms with Gasteiger partial charge in [-0.1, -0.05) is 25.5 Å². The Balaban J connectivity index is 1.87. The lowest BCUT2D eigenvalue weighted by Gasteiger charge is -2.08. The normalized spacial score (nSPS) is 11.3. The first-order chi connectivity index (χ1) is 17.3. The summed E-state index contributed by atoms with van der Waals surface area (Å²) in [6, 6.07) is 7.58. The summed E-state index contributed by atoms with van der Waals surface area (Å²) < 4.78 is 42.5. The summed E-state index contributed by atoms with van der Waals surface area (Å²) in [5.41, 5.74) is 0.901. The van der Waals surface area contributed by atoms with Crippen LogP contribution in [0.2, 0.25) is 0 Å². The van der Waals surface area contributed by atoms with E-state index in [1.54, 1.807) is 13.2 Å². The molecule has 0 fully saturated rings. The summed E-state index contributed by atoms with van der Waals surface area (Å²) in [7, 11) is 1.64. The van der Waals surface area contributed by atoms with Crippen LogP contribution in [0.25, 0.3) is 6.08 Å². The van der Waals surface area contributed by atoms with Crippen molar-refractivity contribution in [3.8, 4) is 5.75 Å². The fourth-order valence-corrected chi connectivity index (χ4v) is 2.55. The number of benzene rings is 1. The van der Waals surface area contributed by atoms with Crippen LogP contribution in [0.5, 0.6) is 5.75 Å². The van der Waals surface area contributed by atoms with E-state index in [2.05, 4.69) is 6.92 Å². The molecule has 0 heterocycles. The fraction of sp³-hybridized carbons (Fsp3) is 0.654. The number of hydrogen-bond donors (Lipinski definition) is 0. The lowest BCUT2D eigenvalue weighted by Crippen LogP contribution is -2.14. The third kappa shape index (κ3) is 19.9. The lowest BCUT2D eigenvalue weighted by atomic mass is 10.2. The quantitative estimate of drug-likeness (QED) is 0.121. The zero-order valence-corrected chi connectivity index (χ0v) is 21.2. The van der Waals surface area contributed by atoms with Crippen LogP contribution < -0.4 is 4.74 Å². The van der Waals surface area contributed by atoms with Gasteiger partial charge in [-0.05, 0) is 30.2 Å². The highest BCUT2D eigenvalue weighted by atomic mass is 16.6. The average Bonchev–Trinajstić information content (AvgIpc) is 2.87. The first-order valence-corrected chi connectivity index (χ1v) is 12.2. The predicted octanol–water partition coefficient (Wildman–Crippen LogP) is 3.15. The highest BCUT2D eigenvalue weighted by Gasteiger charge is 1.99. The van der Waals surface area contributed by atoms with E-state index < -0.39 is 5.97 Å². The van der Waals surface area contributed by atoms with Gasteiger partial charge in [-0.25, -0.2) is 4.79 Å². The van der Waals surface area contributed by atoms with Crippen LogP contribution in [0, 0.1) is 0 Å². The molecule has 0 amide bonds. The number of hydrogen-bond acceptors (Lipinski definition) is 9. The third-order valence-electron chi connectivity index (χ3n) is 4.45. The first kappa shape index (κ1) is 31.0. The minimum absolute atomic E-state index is 0.188. The van der Waals surface area contributed by atoms with Crippen LogP contribution in [-0.4, -0.2) is 99.0 Å². The van der Waals surface area contributed by atoms with Gasteiger partial charge in [-0.15, -0.1) is 0 Å². The van der Waals surface area contributed by atoms with Crippen LogP contribution in [0.3, 0.4) is 0 Å². The number of rotatable bonds is 24. The highest BCUT2D eigenvalue weighted by Crippen LogP contribution is 2.13. The number of esters is 1. The Labute approximate surface area is 209 Å². The Morgan fingerprint density at radius 2 is 1.17 bits per heavy atom. The molecule has 0 bridgehead atoms. The molecule has 0 aliphatic rings. The van der Waals surface area contributed by atoms with E-state index in [-0.39, 0.29) is 6.61 Å². The summed E-state index contributed by atoms with van der Waals surface area (Å²) in [5.74, 6) is 0.417. The minimum Gasteiger partial charge on any atom is -0.494 e. The van der Waals surface area contributed by atoms with Gasteiger partial charge < -0.3 is 37.9 Å². The number of unbranched alkanes of at least 4 members (excludes halogenated alkanes) is 1. The molecule has 35 heavy (non-hydrogen) atoms. The van der Waals surface area contributed by atoms with E-state index in [1.165, 1.54) is 6.08 Å². The summed E-state index contributed by atoms with van der Waals surface area (Å²) in [6.07, 6.45) is 5.24. The average molecular weight is 499 g/mol. The number of ether oxygens (including phenoxy) is 8. The standard InChI is InChI=1S/C26H42O9/c1-3-4-11-34-25-8-5-24(6-9-25)7-10-26(27)35-23-22-33-21-20-32-19-18-31-17-16-30-15-14-29-13-12-28-2/h5-10H,3-4,11-23H2,1-2H3/b10-7+. The van der Waals surface area contributed by atoms with E-state index in [0.717, 1.165) is 24.2 Å². The van der Waals surface area contributed by atoms with Crippen LogP contribution in [0.4, 0.5) is 0 Å². The molecule has 0 saturated heterocycles. The van der Waals surface area contributed by atoms with Gasteiger partial charge in [0, 0.05) is 13.2 Å². The van der Waals surface area contributed by atoms with Gasteiger partial charge in [-0.2, -0.15) is 0 Å². The molecule has 0 aliphatic carbocycles. The smallest absolute Gasteiger partial charge is 0.330 e. The summed E-state index contributed by atoms with van der Waals surface area (Å²) >= 11 is 0. The van der Waals surface area contributed by atoms with Crippen molar-refractivity contribution in [2.75, 3.05) is 93.0 Å². The van der Waals surface area contributed by atoms with Crippen molar-refractivity contribution in [3.63, 3.8) is 0 Å². The van der Waals surface area contributed by atoms with Crippen molar-refractivity contribution in [1.29, 1.82) is 0 Å². The van der Waals surface area contributed by atoms with E-state index in [9.17, 15) is 4.79 Å². The molecule has 9 nitrogen and oxygen atoms in total. The maximum Gasteiger partial charge on any atom is 0.330 e. The SMILES string of the molecule is CCCCOc1ccc(/C=C/C(=O)OCCOCCOCCOCCOCCOCCOC)cc1. The van der Waals surface area contributed by atoms with Gasteiger partial charge in [0.05, 0.1) is 79.3 Å². The maximum atomic E-state index is 11.8. The van der Waals surface area contributed by atoms with Crippen LogP contribution in [0.15, 0.2) is 30.3 Å². The van der Waals surface area contributed by atoms with E-state index in [0.29, 0.717) is 79.3 Å². The highest BCUT2D eigenvalue weighted by molar-refractivity contribution is 5.87. The monoisotopic (exact) mass is 498 g/mol. The van der Waals surface area contributed by atoms with Crippen molar-refractivity contribution < 1.29 is 42.7 Å². The molecule has 1 aromatic rings. The van der Waals surface area contributed by atoms with Crippen molar-refractivity contribution in [2.45, 2.75) is 19.8 Å². The van der Waals surface area contributed by atoms with E-state index in [4.69, 9.17) is 37.9 Å². The second-order valence-electron chi connectivity index (χ2n) is 7.33. The van der Waals surface area contributed by atoms with Crippen molar-refractivity contribution in [2.24, 2.45) is 0 Å². The molecule has 0 saturated carbocycles. The molecular weight excluding hydrogens is 456 g/mol. The number of carbonyl (C=O) groups is 1. The molecule has 0 radical (unpaired) electrons. The maximum absolute atomic E-state index is 11.8. The van der Waals surface area contributed by atoms with E-state index >= 15 is 0 Å². The van der Waals surface area contributed by atoms with Gasteiger partial charge in [-0.3, -0.25) is 0 Å². The molecule has 0 unspecified atom stereocenters. The van der Waals surface area contributed by atoms with Gasteiger partial charge in [0.15, 0.2) is 0 Å². The van der Waals surface area contributed by atoms with Gasteiger partial charge in [0.1, 0.15) is 12.4 Å². The molecule has 0 spiro atoms. The minimum atomic E-state index is -0.409. The first-order valence-electron chi connectivity index (χ1n) is 12.2. The van der Waals surface area contributed by atoms with E-state index in [1.807, 2.05) is 24.3 Å². The summed E-state index contributed by atoms with van der Waals surface area (Å²) in [5, 5.41) is 0. The molecule has 0 aliphatic heterocycles. The van der Waals surface area contributed by atoms with Crippen molar-refractivity contribution in [1.82, 2.24) is 0 Å². The van der Waals surface area contributed by atoms with Crippen molar-refractivity contribution in [3.05, 3.63) is 35.9 Å². The Morgan fingerprint density at radius 3 is 1.66 bits per heavy atom. The van der Waals surface area contributed by atoms with Gasteiger partial charge in [0.25, 0.3) is 0 Å². The molecular formula is C26H42O9. The number of methoxy groups -OCH3 is 1. The van der Waals surface area contributed by atoms with Gasteiger partial charge >= 0.3 is 5.97 Å². The van der Waals surface area contributed by atoms with Gasteiger partial charge in [0.2, 0.25) is 0 Å². The molecule has 0 atom stereocenters. The Kier molecular flexibility index (Phi) is 21.0. The second-order valence-corrected chi connectivity index (χ2v) is 7.33. The summed E-state index contributed by atoms with van der Waals surface area (Å²) in [6.45, 7) is 8.46. The lowest BCUT2D eigenvalue weighted by molar-refractivity contribution is -0.139. The molecule has 1 aromatic carbocycles. The number of carbonyl (C=O) groups excluding carboxylic acids is 1. The van der Waals surface area contributed by atoms with Crippen LogP contribution >= 0.6 is 0 Å². The Morgan fingerprint density at radius 1 is 0.686 bits per heavy atom. The largest absolute Gasteiger partial charge is 0.494 e. The van der Waals surface area contributed by atoms with Crippen LogP contribution in [-0.2, 0) is 38.0 Å². The second kappa shape index (κ2) is 23.7. The zero-order valence-electron chi connectivity index (χ0n) is 21.2. The molecule has 200 valence electrons. The molecule has 9 heteroatoms. The van der Waals surface area contributed by atoms with Crippen LogP contribution in [0.1, 0.15) is 25.3 Å². The third-order valence-corrected chi connectivity index (χ3v) is 4.45. The van der Waals surface area contributed by atoms with Crippen molar-refractivity contribution >= 4 is 12.0 Å². The Hall–Kier alpha value is -2.01. The molecule has 0 aromatic heterocycles. The fourth-order valence-electron chi connectivity index (χ4n) is 2.55.